The third-order valence-corrected chi connectivity index (χ3v) is 3.16. The molecule has 1 aromatic carbocycles. The van der Waals surface area contributed by atoms with E-state index in [1.807, 2.05) is 0 Å². The van der Waals surface area contributed by atoms with E-state index < -0.39 is 0 Å². The Hall–Kier alpha value is -1.18. The lowest BCUT2D eigenvalue weighted by atomic mass is 10.0. The highest BCUT2D eigenvalue weighted by Gasteiger charge is 2.12. The van der Waals surface area contributed by atoms with Crippen LogP contribution in [0.4, 0.5) is 11.4 Å². The Labute approximate surface area is 92.3 Å². The molecule has 2 nitrogen and oxygen atoms in total. The van der Waals surface area contributed by atoms with E-state index in [1.165, 1.54) is 29.8 Å². The summed E-state index contributed by atoms with van der Waals surface area (Å²) in [5.74, 6) is 0.778. The summed E-state index contributed by atoms with van der Waals surface area (Å²) in [4.78, 5) is 2.15. The first-order valence-corrected chi connectivity index (χ1v) is 5.71. The molecule has 0 saturated heterocycles. The summed E-state index contributed by atoms with van der Waals surface area (Å²) in [5, 5.41) is 3.54. The van der Waals surface area contributed by atoms with Crippen LogP contribution in [-0.4, -0.2) is 20.6 Å². The van der Waals surface area contributed by atoms with Gasteiger partial charge in [0, 0.05) is 32.0 Å². The molecule has 1 unspecified atom stereocenters. The van der Waals surface area contributed by atoms with Gasteiger partial charge in [0.15, 0.2) is 0 Å². The summed E-state index contributed by atoms with van der Waals surface area (Å²) in [6.07, 6.45) is 2.50. The van der Waals surface area contributed by atoms with E-state index in [1.54, 1.807) is 0 Å². The van der Waals surface area contributed by atoms with Gasteiger partial charge < -0.3 is 10.2 Å². The molecule has 1 aliphatic heterocycles. The van der Waals surface area contributed by atoms with Crippen LogP contribution in [0.1, 0.15) is 18.9 Å². The van der Waals surface area contributed by atoms with Gasteiger partial charge >= 0.3 is 0 Å². The lowest BCUT2D eigenvalue weighted by molar-refractivity contribution is 0.571. The van der Waals surface area contributed by atoms with Gasteiger partial charge in [0.2, 0.25) is 0 Å². The van der Waals surface area contributed by atoms with Crippen molar-refractivity contribution < 1.29 is 0 Å². The molecule has 1 atom stereocenters. The highest BCUT2D eigenvalue weighted by molar-refractivity contribution is 5.62. The fraction of sp³-hybridized carbons (Fsp3) is 0.538. The zero-order chi connectivity index (χ0) is 10.8. The van der Waals surface area contributed by atoms with Crippen LogP contribution in [-0.2, 0) is 6.42 Å². The van der Waals surface area contributed by atoms with Crippen molar-refractivity contribution in [3.8, 4) is 0 Å². The zero-order valence-corrected chi connectivity index (χ0v) is 9.88. The molecule has 0 amide bonds. The number of rotatable bonds is 1. The zero-order valence-electron chi connectivity index (χ0n) is 9.88. The lowest BCUT2D eigenvalue weighted by Gasteiger charge is -2.16. The highest BCUT2D eigenvalue weighted by Crippen LogP contribution is 2.27. The number of aryl methyl sites for hydroxylation is 1. The largest absolute Gasteiger partial charge is 0.384 e. The molecule has 1 aromatic rings. The molecule has 15 heavy (non-hydrogen) atoms. The van der Waals surface area contributed by atoms with Crippen LogP contribution >= 0.6 is 0 Å². The molecule has 2 heteroatoms. The fourth-order valence-electron chi connectivity index (χ4n) is 2.01. The second kappa shape index (κ2) is 4.13. The lowest BCUT2D eigenvalue weighted by Crippen LogP contribution is -2.11. The number of nitrogens with zero attached hydrogens (tertiary/aromatic N) is 1. The van der Waals surface area contributed by atoms with Gasteiger partial charge in [-0.2, -0.15) is 0 Å². The average molecular weight is 204 g/mol. The molecule has 1 heterocycles. The highest BCUT2D eigenvalue weighted by atomic mass is 15.1. The quantitative estimate of drug-likeness (QED) is 0.756. The van der Waals surface area contributed by atoms with Gasteiger partial charge in [-0.1, -0.05) is 13.0 Å². The Morgan fingerprint density at radius 1 is 1.33 bits per heavy atom. The van der Waals surface area contributed by atoms with Crippen LogP contribution in [0.5, 0.6) is 0 Å². The summed E-state index contributed by atoms with van der Waals surface area (Å²) >= 11 is 0. The predicted molar refractivity (Wildman–Crippen MR) is 66.7 cm³/mol. The Balaban J connectivity index is 2.28. The normalized spacial score (nSPS) is 20.1. The van der Waals surface area contributed by atoms with Crippen LogP contribution in [0, 0.1) is 5.92 Å². The van der Waals surface area contributed by atoms with Crippen molar-refractivity contribution in [1.82, 2.24) is 0 Å². The standard InChI is InChI=1S/C13H20N2/c1-10-4-5-11-6-7-12(15(2)3)8-13(11)14-9-10/h6-8,10,14H,4-5,9H2,1-3H3. The maximum absolute atomic E-state index is 3.54. The molecule has 0 aliphatic carbocycles. The summed E-state index contributed by atoms with van der Waals surface area (Å²) in [7, 11) is 4.17. The van der Waals surface area contributed by atoms with Crippen LogP contribution in [0.25, 0.3) is 0 Å². The minimum Gasteiger partial charge on any atom is -0.384 e. The minimum absolute atomic E-state index is 0.778. The summed E-state index contributed by atoms with van der Waals surface area (Å²) in [5.41, 5.74) is 4.06. The first kappa shape index (κ1) is 10.3. The average Bonchev–Trinajstić information content (AvgIpc) is 2.40. The van der Waals surface area contributed by atoms with Crippen molar-refractivity contribution in [1.29, 1.82) is 0 Å². The van der Waals surface area contributed by atoms with Gasteiger partial charge in [-0.25, -0.2) is 0 Å². The number of benzene rings is 1. The summed E-state index contributed by atoms with van der Waals surface area (Å²) < 4.78 is 0. The molecule has 0 fully saturated rings. The van der Waals surface area contributed by atoms with Gasteiger partial charge in [-0.3, -0.25) is 0 Å². The van der Waals surface area contributed by atoms with E-state index in [0.717, 1.165) is 12.5 Å². The number of fused-ring (bicyclic) bond motifs is 1. The summed E-state index contributed by atoms with van der Waals surface area (Å²) in [6, 6.07) is 6.72. The topological polar surface area (TPSA) is 15.3 Å². The van der Waals surface area contributed by atoms with E-state index in [9.17, 15) is 0 Å². The predicted octanol–water partition coefficient (Wildman–Crippen LogP) is 2.75. The molecular weight excluding hydrogens is 184 g/mol. The van der Waals surface area contributed by atoms with E-state index in [0.29, 0.717) is 0 Å². The second-order valence-corrected chi connectivity index (χ2v) is 4.76. The maximum Gasteiger partial charge on any atom is 0.0393 e. The van der Waals surface area contributed by atoms with Crippen molar-refractivity contribution in [2.45, 2.75) is 19.8 Å². The molecule has 1 N–H and O–H groups in total. The van der Waals surface area contributed by atoms with Gasteiger partial charge in [-0.05, 0) is 36.5 Å². The number of hydrogen-bond acceptors (Lipinski definition) is 2. The Bertz CT molecular complexity index is 344. The molecule has 0 radical (unpaired) electrons. The molecular formula is C13H20N2. The van der Waals surface area contributed by atoms with E-state index in [2.05, 4.69) is 49.4 Å². The van der Waals surface area contributed by atoms with Crippen LogP contribution in [0.15, 0.2) is 18.2 Å². The van der Waals surface area contributed by atoms with Crippen molar-refractivity contribution >= 4 is 11.4 Å². The Kier molecular flexibility index (Phi) is 2.85. The second-order valence-electron chi connectivity index (χ2n) is 4.76. The minimum atomic E-state index is 0.778. The number of hydrogen-bond donors (Lipinski definition) is 1. The van der Waals surface area contributed by atoms with Gasteiger partial charge in [0.1, 0.15) is 0 Å². The van der Waals surface area contributed by atoms with E-state index >= 15 is 0 Å². The fourth-order valence-corrected chi connectivity index (χ4v) is 2.01. The van der Waals surface area contributed by atoms with E-state index in [-0.39, 0.29) is 0 Å². The molecule has 0 saturated carbocycles. The van der Waals surface area contributed by atoms with Crippen molar-refractivity contribution in [2.24, 2.45) is 5.92 Å². The third-order valence-electron chi connectivity index (χ3n) is 3.16. The van der Waals surface area contributed by atoms with Crippen LogP contribution in [0.2, 0.25) is 0 Å². The van der Waals surface area contributed by atoms with Gasteiger partial charge in [0.05, 0.1) is 0 Å². The van der Waals surface area contributed by atoms with Crippen LogP contribution < -0.4 is 10.2 Å². The smallest absolute Gasteiger partial charge is 0.0393 e. The first-order chi connectivity index (χ1) is 7.16. The Morgan fingerprint density at radius 3 is 2.87 bits per heavy atom. The van der Waals surface area contributed by atoms with Crippen molar-refractivity contribution in [3.63, 3.8) is 0 Å². The van der Waals surface area contributed by atoms with Gasteiger partial charge in [0.25, 0.3) is 0 Å². The molecule has 2 rings (SSSR count). The third kappa shape index (κ3) is 2.25. The van der Waals surface area contributed by atoms with Crippen molar-refractivity contribution in [2.75, 3.05) is 30.9 Å². The molecule has 1 aliphatic rings. The maximum atomic E-state index is 3.54. The van der Waals surface area contributed by atoms with E-state index in [4.69, 9.17) is 0 Å². The SMILES string of the molecule is CC1CCc2ccc(N(C)C)cc2NC1. The van der Waals surface area contributed by atoms with Gasteiger partial charge in [-0.15, -0.1) is 0 Å². The molecule has 82 valence electrons. The molecule has 0 spiro atoms. The molecule has 0 bridgehead atoms. The Morgan fingerprint density at radius 2 is 2.13 bits per heavy atom. The number of anilines is 2. The van der Waals surface area contributed by atoms with Crippen LogP contribution in [0.3, 0.4) is 0 Å². The monoisotopic (exact) mass is 204 g/mol. The van der Waals surface area contributed by atoms with Crippen molar-refractivity contribution in [3.05, 3.63) is 23.8 Å². The number of nitrogens with one attached hydrogen (secondary N) is 1. The molecule has 0 aromatic heterocycles. The first-order valence-electron chi connectivity index (χ1n) is 5.71. The summed E-state index contributed by atoms with van der Waals surface area (Å²) in [6.45, 7) is 3.41.